The largest absolute Gasteiger partial charge is 0.394 e. The molecule has 13 atom stereocenters. The van der Waals surface area contributed by atoms with Crippen molar-refractivity contribution in [2.24, 2.45) is 22.9 Å². The van der Waals surface area contributed by atoms with Gasteiger partial charge in [-0.25, -0.2) is 0 Å². The first kappa shape index (κ1) is 25.1. The van der Waals surface area contributed by atoms with Gasteiger partial charge in [-0.3, -0.25) is 0 Å². The van der Waals surface area contributed by atoms with Crippen molar-refractivity contribution in [3.63, 3.8) is 0 Å². The fourth-order valence-corrected chi connectivity index (χ4v) is 4.35. The van der Waals surface area contributed by atoms with Crippen LogP contribution in [0.2, 0.25) is 0 Å². The fourth-order valence-electron chi connectivity index (χ4n) is 4.35. The van der Waals surface area contributed by atoms with Crippen LogP contribution in [0.25, 0.3) is 0 Å². The maximum absolute atomic E-state index is 10.9. The van der Waals surface area contributed by atoms with E-state index in [-0.39, 0.29) is 25.8 Å². The first-order chi connectivity index (χ1) is 14.7. The van der Waals surface area contributed by atoms with Gasteiger partial charge in [0.05, 0.1) is 31.0 Å². The van der Waals surface area contributed by atoms with Crippen LogP contribution < -0.4 is 22.9 Å². The minimum atomic E-state index is -1.31. The van der Waals surface area contributed by atoms with Crippen LogP contribution in [0.3, 0.4) is 0 Å². The van der Waals surface area contributed by atoms with Crippen LogP contribution in [0.15, 0.2) is 0 Å². The molecule has 0 aromatic rings. The van der Waals surface area contributed by atoms with Gasteiger partial charge in [-0.05, 0) is 12.8 Å². The molecule has 0 amide bonds. The Bertz CT molecular complexity index is 532. The number of hydrogen-bond donors (Lipinski definition) is 9. The van der Waals surface area contributed by atoms with Crippen molar-refractivity contribution in [3.8, 4) is 0 Å². The monoisotopic (exact) mass is 452 g/mol. The zero-order valence-corrected chi connectivity index (χ0v) is 17.2. The van der Waals surface area contributed by atoms with Gasteiger partial charge in [-0.15, -0.1) is 0 Å². The van der Waals surface area contributed by atoms with E-state index >= 15 is 0 Å². The molecule has 0 aromatic carbocycles. The van der Waals surface area contributed by atoms with Crippen molar-refractivity contribution in [3.05, 3.63) is 0 Å². The predicted molar refractivity (Wildman–Crippen MR) is 105 cm³/mol. The Kier molecular flexibility index (Phi) is 8.59. The molecule has 182 valence electrons. The van der Waals surface area contributed by atoms with Crippen LogP contribution >= 0.6 is 0 Å². The molecule has 13 heteroatoms. The summed E-state index contributed by atoms with van der Waals surface area (Å²) in [5.41, 5.74) is 24.0. The Hall–Kier alpha value is -0.520. The highest BCUT2D eigenvalue weighted by molar-refractivity contribution is 5.00. The van der Waals surface area contributed by atoms with Crippen molar-refractivity contribution >= 4 is 0 Å². The lowest BCUT2D eigenvalue weighted by Gasteiger charge is -2.47. The second-order valence-electron chi connectivity index (χ2n) is 8.60. The molecule has 2 saturated heterocycles. The number of nitrogens with two attached hydrogens (primary N) is 4. The number of ether oxygens (including phenoxy) is 4. The lowest BCUT2D eigenvalue weighted by Crippen LogP contribution is -2.66. The Morgan fingerprint density at radius 2 is 1.26 bits per heavy atom. The third-order valence-electron chi connectivity index (χ3n) is 6.19. The first-order valence-electron chi connectivity index (χ1n) is 10.6. The minimum absolute atomic E-state index is 0.0679. The quantitative estimate of drug-likeness (QED) is 0.183. The highest BCUT2D eigenvalue weighted by Crippen LogP contribution is 2.30. The second kappa shape index (κ2) is 10.6. The molecule has 3 rings (SSSR count). The van der Waals surface area contributed by atoms with Gasteiger partial charge in [0.1, 0.15) is 30.5 Å². The van der Waals surface area contributed by atoms with E-state index in [9.17, 15) is 25.5 Å². The molecular formula is C18H36N4O9. The summed E-state index contributed by atoms with van der Waals surface area (Å²) in [6, 6.07) is -2.02. The molecule has 1 saturated carbocycles. The molecule has 0 bridgehead atoms. The molecule has 0 radical (unpaired) electrons. The van der Waals surface area contributed by atoms with Crippen molar-refractivity contribution in [1.82, 2.24) is 0 Å². The standard InChI is InChI=1S/C18H36N4O9/c19-4-12-9(24)2-8(22)17(28-12)30-15-6(20)1-7(21)16(14(15)27)31-18-11(26)3-10(25)13(5-23)29-18/h6-18,23-27H,1-5,19-22H2/t6-,7?,8?,9-,10-,11?,12?,13?,14?,15?,16-,17+,18+/m0/s1. The summed E-state index contributed by atoms with van der Waals surface area (Å²) in [5.74, 6) is 0. The Morgan fingerprint density at radius 3 is 1.84 bits per heavy atom. The molecule has 0 spiro atoms. The zero-order chi connectivity index (χ0) is 22.9. The van der Waals surface area contributed by atoms with Gasteiger partial charge in [0, 0.05) is 25.0 Å². The molecule has 0 aromatic heterocycles. The van der Waals surface area contributed by atoms with E-state index in [1.165, 1.54) is 0 Å². The van der Waals surface area contributed by atoms with Gasteiger partial charge >= 0.3 is 0 Å². The number of aliphatic hydroxyl groups is 5. The normalized spacial score (nSPS) is 51.6. The lowest BCUT2D eigenvalue weighted by molar-refractivity contribution is -0.311. The molecule has 2 heterocycles. The van der Waals surface area contributed by atoms with Crippen LogP contribution in [0.4, 0.5) is 0 Å². The van der Waals surface area contributed by atoms with Crippen LogP contribution in [0, 0.1) is 0 Å². The molecule has 1 aliphatic carbocycles. The van der Waals surface area contributed by atoms with E-state index in [0.717, 1.165) is 0 Å². The van der Waals surface area contributed by atoms with Gasteiger partial charge in [0.25, 0.3) is 0 Å². The second-order valence-corrected chi connectivity index (χ2v) is 8.60. The van der Waals surface area contributed by atoms with Gasteiger partial charge < -0.3 is 67.4 Å². The highest BCUT2D eigenvalue weighted by atomic mass is 16.7. The van der Waals surface area contributed by atoms with Crippen molar-refractivity contribution in [1.29, 1.82) is 0 Å². The van der Waals surface area contributed by atoms with Gasteiger partial charge in [-0.1, -0.05) is 0 Å². The van der Waals surface area contributed by atoms with Gasteiger partial charge in [0.2, 0.25) is 0 Å². The van der Waals surface area contributed by atoms with Crippen LogP contribution in [-0.2, 0) is 18.9 Å². The molecule has 7 unspecified atom stereocenters. The topological polar surface area (TPSA) is 242 Å². The lowest BCUT2D eigenvalue weighted by atomic mass is 9.84. The molecule has 3 fully saturated rings. The predicted octanol–water partition coefficient (Wildman–Crippen LogP) is -5.23. The van der Waals surface area contributed by atoms with Crippen LogP contribution in [-0.4, -0.2) is 118 Å². The van der Waals surface area contributed by atoms with Gasteiger partial charge in [-0.2, -0.15) is 0 Å². The third-order valence-corrected chi connectivity index (χ3v) is 6.19. The summed E-state index contributed by atoms with van der Waals surface area (Å²) in [6.07, 6.45) is -9.76. The van der Waals surface area contributed by atoms with Gasteiger partial charge in [0.15, 0.2) is 12.6 Å². The summed E-state index contributed by atoms with van der Waals surface area (Å²) < 4.78 is 22.7. The number of aliphatic hydroxyl groups excluding tert-OH is 5. The summed E-state index contributed by atoms with van der Waals surface area (Å²) in [6.45, 7) is -0.396. The van der Waals surface area contributed by atoms with Crippen LogP contribution in [0.1, 0.15) is 19.3 Å². The summed E-state index contributed by atoms with van der Waals surface area (Å²) in [7, 11) is 0. The first-order valence-corrected chi connectivity index (χ1v) is 10.6. The summed E-state index contributed by atoms with van der Waals surface area (Å²) in [5, 5.41) is 50.3. The SMILES string of the molecule is NCC1O[C@H](OC2C(O)[C@@H](O[C@H]3OC(CO)[C@@H](O)CC3O)C(N)C[C@@H]2N)C(N)C[C@@H]1O. The average molecular weight is 453 g/mol. The molecule has 13 N–H and O–H groups in total. The molecule has 13 nitrogen and oxygen atoms in total. The Morgan fingerprint density at radius 1 is 0.710 bits per heavy atom. The van der Waals surface area contributed by atoms with E-state index in [1.807, 2.05) is 0 Å². The average Bonchev–Trinajstić information content (AvgIpc) is 2.71. The van der Waals surface area contributed by atoms with Crippen molar-refractivity contribution in [2.75, 3.05) is 13.2 Å². The zero-order valence-electron chi connectivity index (χ0n) is 17.2. The van der Waals surface area contributed by atoms with E-state index < -0.39 is 86.1 Å². The minimum Gasteiger partial charge on any atom is -0.394 e. The van der Waals surface area contributed by atoms with E-state index in [2.05, 4.69) is 0 Å². The maximum Gasteiger partial charge on any atom is 0.184 e. The molecule has 2 aliphatic heterocycles. The van der Waals surface area contributed by atoms with E-state index in [4.69, 9.17) is 41.9 Å². The molecule has 31 heavy (non-hydrogen) atoms. The van der Waals surface area contributed by atoms with E-state index in [0.29, 0.717) is 0 Å². The Balaban J connectivity index is 1.67. The van der Waals surface area contributed by atoms with Crippen molar-refractivity contribution in [2.45, 2.75) is 98.8 Å². The third kappa shape index (κ3) is 5.52. The number of rotatable bonds is 6. The molecular weight excluding hydrogens is 416 g/mol. The Labute approximate surface area is 180 Å². The van der Waals surface area contributed by atoms with E-state index in [1.54, 1.807) is 0 Å². The summed E-state index contributed by atoms with van der Waals surface area (Å²) in [4.78, 5) is 0. The summed E-state index contributed by atoms with van der Waals surface area (Å²) >= 11 is 0. The molecule has 3 aliphatic rings. The highest BCUT2D eigenvalue weighted by Gasteiger charge is 2.48. The number of hydrogen-bond acceptors (Lipinski definition) is 13. The van der Waals surface area contributed by atoms with Crippen LogP contribution in [0.5, 0.6) is 0 Å². The van der Waals surface area contributed by atoms with Crippen molar-refractivity contribution < 1.29 is 44.5 Å². The fraction of sp³-hybridized carbons (Fsp3) is 1.00. The smallest absolute Gasteiger partial charge is 0.184 e. The maximum atomic E-state index is 10.9.